The molecular weight excluding hydrogens is 454 g/mol. The highest BCUT2D eigenvalue weighted by atomic mass is 16.6. The third-order valence-corrected chi connectivity index (χ3v) is 8.30. The van der Waals surface area contributed by atoms with Gasteiger partial charge in [-0.1, -0.05) is 109 Å². The Morgan fingerprint density at radius 2 is 1.30 bits per heavy atom. The number of rotatable bonds is 4. The molecule has 1 saturated heterocycles. The van der Waals surface area contributed by atoms with Crippen molar-refractivity contribution in [3.63, 3.8) is 0 Å². The van der Waals surface area contributed by atoms with Gasteiger partial charge in [0.25, 0.3) is 0 Å². The minimum atomic E-state index is -0.180. The summed E-state index contributed by atoms with van der Waals surface area (Å²) in [6.45, 7) is 0.371. The van der Waals surface area contributed by atoms with E-state index in [4.69, 9.17) is 4.74 Å². The van der Waals surface area contributed by atoms with Crippen LogP contribution in [0.1, 0.15) is 41.9 Å². The number of nitrogens with zero attached hydrogens (tertiary/aromatic N) is 1. The molecule has 2 atom stereocenters. The number of benzene rings is 4. The van der Waals surface area contributed by atoms with Crippen molar-refractivity contribution < 1.29 is 9.53 Å². The number of hydrogen-bond donors (Lipinski definition) is 0. The van der Waals surface area contributed by atoms with Gasteiger partial charge in [-0.3, -0.25) is 4.90 Å². The van der Waals surface area contributed by atoms with Gasteiger partial charge >= 0.3 is 6.09 Å². The van der Waals surface area contributed by atoms with E-state index in [0.29, 0.717) is 6.61 Å². The maximum absolute atomic E-state index is 13.4. The molecule has 1 amide bonds. The van der Waals surface area contributed by atoms with Gasteiger partial charge in [-0.25, -0.2) is 4.79 Å². The van der Waals surface area contributed by atoms with E-state index in [9.17, 15) is 4.79 Å². The van der Waals surface area contributed by atoms with E-state index in [1.807, 2.05) is 4.90 Å². The third-order valence-electron chi connectivity index (χ3n) is 8.30. The van der Waals surface area contributed by atoms with Crippen molar-refractivity contribution in [2.45, 2.75) is 37.3 Å². The monoisotopic (exact) mass is 483 g/mol. The van der Waals surface area contributed by atoms with E-state index in [-0.39, 0.29) is 24.1 Å². The summed E-state index contributed by atoms with van der Waals surface area (Å²) in [6, 6.07) is 36.4. The van der Waals surface area contributed by atoms with Gasteiger partial charge in [-0.15, -0.1) is 0 Å². The van der Waals surface area contributed by atoms with Crippen molar-refractivity contribution in [2.75, 3.05) is 6.61 Å². The fraction of sp³-hybridized carbons (Fsp3) is 0.206. The standard InChI is InChI=1S/C34H29NO2/c36-34(37-22-33-31-16-8-6-14-29(31)30-15-7-9-17-32(30)33)35-25-18-19-26(35)21-24(20-25)28-13-5-4-12-27(28)23-10-2-1-3-11-23/h1-17,20,25-26,33H,18-19,21-22H2. The zero-order valence-corrected chi connectivity index (χ0v) is 20.7. The van der Waals surface area contributed by atoms with Crippen molar-refractivity contribution in [1.29, 1.82) is 0 Å². The van der Waals surface area contributed by atoms with E-state index in [2.05, 4.69) is 109 Å². The molecule has 0 N–H and O–H groups in total. The number of carbonyl (C=O) groups excluding carboxylic acids is 1. The van der Waals surface area contributed by atoms with Crippen LogP contribution in [0.15, 0.2) is 109 Å². The Morgan fingerprint density at radius 3 is 1.97 bits per heavy atom. The summed E-state index contributed by atoms with van der Waals surface area (Å²) in [7, 11) is 0. The first-order valence-corrected chi connectivity index (χ1v) is 13.3. The molecule has 4 aromatic carbocycles. The summed E-state index contributed by atoms with van der Waals surface area (Å²) >= 11 is 0. The Hall–Kier alpha value is -4.11. The maximum atomic E-state index is 13.4. The summed E-state index contributed by atoms with van der Waals surface area (Å²) in [5.41, 5.74) is 10.1. The van der Waals surface area contributed by atoms with Gasteiger partial charge in [0.05, 0.1) is 6.04 Å². The summed E-state index contributed by atoms with van der Waals surface area (Å²) in [5.74, 6) is 0.0858. The van der Waals surface area contributed by atoms with Gasteiger partial charge in [0.2, 0.25) is 0 Å². The summed E-state index contributed by atoms with van der Waals surface area (Å²) < 4.78 is 6.05. The van der Waals surface area contributed by atoms with Gasteiger partial charge in [-0.2, -0.15) is 0 Å². The van der Waals surface area contributed by atoms with Crippen LogP contribution in [-0.2, 0) is 4.74 Å². The predicted octanol–water partition coefficient (Wildman–Crippen LogP) is 7.92. The van der Waals surface area contributed by atoms with Crippen molar-refractivity contribution >= 4 is 11.7 Å². The number of carbonyl (C=O) groups is 1. The lowest BCUT2D eigenvalue weighted by molar-refractivity contribution is 0.0867. The predicted molar refractivity (Wildman–Crippen MR) is 148 cm³/mol. The number of hydrogen-bond acceptors (Lipinski definition) is 2. The van der Waals surface area contributed by atoms with E-state index in [1.165, 1.54) is 44.5 Å². The van der Waals surface area contributed by atoms with Gasteiger partial charge < -0.3 is 4.74 Å². The number of fused-ring (bicyclic) bond motifs is 5. The fourth-order valence-electron chi connectivity index (χ4n) is 6.62. The van der Waals surface area contributed by atoms with Gasteiger partial charge in [0.15, 0.2) is 0 Å². The van der Waals surface area contributed by atoms with Crippen LogP contribution < -0.4 is 0 Å². The van der Waals surface area contributed by atoms with Crippen LogP contribution in [0.2, 0.25) is 0 Å². The molecule has 37 heavy (non-hydrogen) atoms. The van der Waals surface area contributed by atoms with E-state index in [0.717, 1.165) is 19.3 Å². The molecule has 2 aliphatic heterocycles. The smallest absolute Gasteiger partial charge is 0.410 e. The molecule has 2 heterocycles. The molecule has 182 valence electrons. The van der Waals surface area contributed by atoms with Crippen molar-refractivity contribution in [3.8, 4) is 22.3 Å². The van der Waals surface area contributed by atoms with E-state index >= 15 is 0 Å². The molecule has 0 aromatic heterocycles. The maximum Gasteiger partial charge on any atom is 0.410 e. The molecule has 7 rings (SSSR count). The van der Waals surface area contributed by atoms with Crippen molar-refractivity contribution in [2.24, 2.45) is 0 Å². The van der Waals surface area contributed by atoms with Crippen molar-refractivity contribution in [3.05, 3.63) is 126 Å². The van der Waals surface area contributed by atoms with Gasteiger partial charge in [-0.05, 0) is 63.8 Å². The molecule has 3 nitrogen and oxygen atoms in total. The zero-order valence-electron chi connectivity index (χ0n) is 20.7. The molecule has 1 aliphatic carbocycles. The molecule has 1 fully saturated rings. The summed E-state index contributed by atoms with van der Waals surface area (Å²) in [5, 5.41) is 0. The lowest BCUT2D eigenvalue weighted by atomic mass is 9.89. The average Bonchev–Trinajstić information content (AvgIpc) is 3.42. The van der Waals surface area contributed by atoms with Crippen LogP contribution in [0.5, 0.6) is 0 Å². The molecule has 3 aliphatic rings. The normalized spacial score (nSPS) is 19.8. The van der Waals surface area contributed by atoms with E-state index in [1.54, 1.807) is 0 Å². The Balaban J connectivity index is 1.12. The van der Waals surface area contributed by atoms with Crippen LogP contribution in [0.25, 0.3) is 27.8 Å². The second kappa shape index (κ2) is 9.08. The fourth-order valence-corrected chi connectivity index (χ4v) is 6.62. The van der Waals surface area contributed by atoms with E-state index < -0.39 is 0 Å². The lowest BCUT2D eigenvalue weighted by Gasteiger charge is -2.34. The van der Waals surface area contributed by atoms with Crippen LogP contribution in [0.3, 0.4) is 0 Å². The molecule has 4 aromatic rings. The van der Waals surface area contributed by atoms with Crippen LogP contribution in [0, 0.1) is 0 Å². The SMILES string of the molecule is O=C(OCC1c2ccccc2-c2ccccc21)N1C2C=C(c3ccccc3-c3ccccc3)CC1CC2. The number of amides is 1. The number of ether oxygens (including phenoxy) is 1. The third kappa shape index (κ3) is 3.77. The first-order chi connectivity index (χ1) is 18.3. The minimum absolute atomic E-state index is 0.0858. The quantitative estimate of drug-likeness (QED) is 0.295. The summed E-state index contributed by atoms with van der Waals surface area (Å²) in [4.78, 5) is 15.4. The highest BCUT2D eigenvalue weighted by Gasteiger charge is 2.41. The van der Waals surface area contributed by atoms with Crippen LogP contribution in [-0.4, -0.2) is 29.7 Å². The van der Waals surface area contributed by atoms with Crippen LogP contribution >= 0.6 is 0 Å². The molecule has 0 radical (unpaired) electrons. The molecule has 0 saturated carbocycles. The Kier molecular flexibility index (Phi) is 5.43. The molecular formula is C34H29NO2. The first-order valence-electron chi connectivity index (χ1n) is 13.3. The van der Waals surface area contributed by atoms with Crippen molar-refractivity contribution in [1.82, 2.24) is 4.90 Å². The second-order valence-corrected chi connectivity index (χ2v) is 10.3. The highest BCUT2D eigenvalue weighted by molar-refractivity contribution is 5.84. The Morgan fingerprint density at radius 1 is 0.703 bits per heavy atom. The Bertz CT molecular complexity index is 1460. The second-order valence-electron chi connectivity index (χ2n) is 10.3. The molecule has 3 heteroatoms. The molecule has 0 spiro atoms. The Labute approximate surface area is 218 Å². The topological polar surface area (TPSA) is 29.5 Å². The van der Waals surface area contributed by atoms with Gasteiger partial charge in [0.1, 0.15) is 6.61 Å². The summed E-state index contributed by atoms with van der Waals surface area (Å²) in [6.07, 6.45) is 5.01. The molecule has 2 bridgehead atoms. The van der Waals surface area contributed by atoms with Gasteiger partial charge in [0, 0.05) is 12.0 Å². The largest absolute Gasteiger partial charge is 0.448 e. The molecule has 2 unspecified atom stereocenters. The first kappa shape index (κ1) is 22.1. The zero-order chi connectivity index (χ0) is 24.8. The minimum Gasteiger partial charge on any atom is -0.448 e. The average molecular weight is 484 g/mol. The van der Waals surface area contributed by atoms with Crippen LogP contribution in [0.4, 0.5) is 4.79 Å². The highest BCUT2D eigenvalue weighted by Crippen LogP contribution is 2.45. The lowest BCUT2D eigenvalue weighted by Crippen LogP contribution is -2.43.